The molecule has 0 fully saturated rings. The molecule has 0 saturated heterocycles. The molecule has 0 aliphatic carbocycles. The summed E-state index contributed by atoms with van der Waals surface area (Å²) in [4.78, 5) is 12.2. The predicted octanol–water partition coefficient (Wildman–Crippen LogP) is 3.17. The van der Waals surface area contributed by atoms with Crippen LogP contribution in [0.15, 0.2) is 40.9 Å². The number of nitriles is 1. The van der Waals surface area contributed by atoms with Gasteiger partial charge in [-0.15, -0.1) is 0 Å². The number of rotatable bonds is 3. The molecule has 6 heteroatoms. The molecule has 0 bridgehead atoms. The normalized spacial score (nSPS) is 9.81. The van der Waals surface area contributed by atoms with Crippen LogP contribution in [-0.2, 0) is 0 Å². The van der Waals surface area contributed by atoms with E-state index in [1.807, 2.05) is 13.0 Å². The number of amides is 1. The molecule has 0 atom stereocenters. The van der Waals surface area contributed by atoms with Crippen LogP contribution in [0.3, 0.4) is 0 Å². The van der Waals surface area contributed by atoms with Gasteiger partial charge in [0.1, 0.15) is 0 Å². The van der Waals surface area contributed by atoms with E-state index >= 15 is 0 Å². The van der Waals surface area contributed by atoms with Gasteiger partial charge in [0.05, 0.1) is 23.0 Å². The minimum atomic E-state index is -0.230. The van der Waals surface area contributed by atoms with Gasteiger partial charge >= 0.3 is 0 Å². The Hall–Kier alpha value is -2.36. The zero-order valence-electron chi connectivity index (χ0n) is 11.3. The summed E-state index contributed by atoms with van der Waals surface area (Å²) in [5.74, 6) is 5.13. The SMILES string of the molecule is Cc1cc(C(=O)Nc2ccc(C#N)cc2Br)ccc1NN. The number of nitrogens with two attached hydrogens (primary N) is 1. The van der Waals surface area contributed by atoms with Gasteiger partial charge in [0.2, 0.25) is 0 Å². The van der Waals surface area contributed by atoms with Crippen molar-refractivity contribution in [2.24, 2.45) is 5.84 Å². The lowest BCUT2D eigenvalue weighted by Gasteiger charge is -2.10. The van der Waals surface area contributed by atoms with Gasteiger partial charge in [0, 0.05) is 10.0 Å². The smallest absolute Gasteiger partial charge is 0.255 e. The standard InChI is InChI=1S/C15H13BrN4O/c1-9-6-11(3-5-13(9)20-18)15(21)19-14-4-2-10(8-17)7-12(14)16/h2-7,20H,18H2,1H3,(H,19,21). The lowest BCUT2D eigenvalue weighted by Crippen LogP contribution is -2.14. The summed E-state index contributed by atoms with van der Waals surface area (Å²) in [6.07, 6.45) is 0. The van der Waals surface area contributed by atoms with E-state index in [0.717, 1.165) is 11.3 Å². The Kier molecular flexibility index (Phi) is 4.58. The number of halogens is 1. The Bertz CT molecular complexity index is 737. The zero-order chi connectivity index (χ0) is 15.4. The van der Waals surface area contributed by atoms with Crippen molar-refractivity contribution in [1.82, 2.24) is 0 Å². The van der Waals surface area contributed by atoms with Crippen molar-refractivity contribution >= 4 is 33.2 Å². The van der Waals surface area contributed by atoms with Crippen LogP contribution in [0, 0.1) is 18.3 Å². The topological polar surface area (TPSA) is 90.9 Å². The van der Waals surface area contributed by atoms with Crippen LogP contribution in [0.5, 0.6) is 0 Å². The van der Waals surface area contributed by atoms with Crippen LogP contribution in [0.4, 0.5) is 11.4 Å². The van der Waals surface area contributed by atoms with Crippen molar-refractivity contribution in [3.63, 3.8) is 0 Å². The van der Waals surface area contributed by atoms with Crippen molar-refractivity contribution in [2.75, 3.05) is 10.7 Å². The molecule has 1 amide bonds. The molecule has 0 radical (unpaired) electrons. The first-order valence-electron chi connectivity index (χ1n) is 6.13. The summed E-state index contributed by atoms with van der Waals surface area (Å²) in [5.41, 5.74) is 5.87. The van der Waals surface area contributed by atoms with Gasteiger partial charge in [-0.1, -0.05) is 0 Å². The summed E-state index contributed by atoms with van der Waals surface area (Å²) in [7, 11) is 0. The van der Waals surface area contributed by atoms with Crippen molar-refractivity contribution in [3.8, 4) is 6.07 Å². The zero-order valence-corrected chi connectivity index (χ0v) is 12.9. The van der Waals surface area contributed by atoms with Crippen LogP contribution in [0.2, 0.25) is 0 Å². The largest absolute Gasteiger partial charge is 0.324 e. The maximum Gasteiger partial charge on any atom is 0.255 e. The third-order valence-corrected chi connectivity index (χ3v) is 3.65. The minimum Gasteiger partial charge on any atom is -0.324 e. The highest BCUT2D eigenvalue weighted by atomic mass is 79.9. The number of nitrogens with zero attached hydrogens (tertiary/aromatic N) is 1. The van der Waals surface area contributed by atoms with Crippen LogP contribution in [-0.4, -0.2) is 5.91 Å². The first-order chi connectivity index (χ1) is 10.0. The molecule has 0 aromatic heterocycles. The Morgan fingerprint density at radius 2 is 1.95 bits per heavy atom. The lowest BCUT2D eigenvalue weighted by molar-refractivity contribution is 0.102. The fraction of sp³-hybridized carbons (Fsp3) is 0.0667. The van der Waals surface area contributed by atoms with E-state index in [1.165, 1.54) is 0 Å². The summed E-state index contributed by atoms with van der Waals surface area (Å²) in [5, 5.41) is 11.6. The second-order valence-electron chi connectivity index (χ2n) is 4.43. The quantitative estimate of drug-likeness (QED) is 0.589. The van der Waals surface area contributed by atoms with Gasteiger partial charge in [-0.05, 0) is 64.8 Å². The Balaban J connectivity index is 2.22. The van der Waals surface area contributed by atoms with Gasteiger partial charge in [-0.3, -0.25) is 10.6 Å². The number of carbonyl (C=O) groups is 1. The number of nitrogen functional groups attached to an aromatic ring is 1. The number of anilines is 2. The minimum absolute atomic E-state index is 0.230. The molecular formula is C15H13BrN4O. The van der Waals surface area contributed by atoms with Crippen LogP contribution in [0.1, 0.15) is 21.5 Å². The molecular weight excluding hydrogens is 332 g/mol. The second-order valence-corrected chi connectivity index (χ2v) is 5.29. The number of hydrogen-bond donors (Lipinski definition) is 3. The fourth-order valence-electron chi connectivity index (χ4n) is 1.85. The summed E-state index contributed by atoms with van der Waals surface area (Å²) >= 11 is 3.33. The first-order valence-corrected chi connectivity index (χ1v) is 6.92. The molecule has 106 valence electrons. The van der Waals surface area contributed by atoms with E-state index in [4.69, 9.17) is 11.1 Å². The molecule has 0 spiro atoms. The third kappa shape index (κ3) is 3.40. The molecule has 0 heterocycles. The van der Waals surface area contributed by atoms with Crippen molar-refractivity contribution < 1.29 is 4.79 Å². The molecule has 4 N–H and O–H groups in total. The Morgan fingerprint density at radius 3 is 2.52 bits per heavy atom. The van der Waals surface area contributed by atoms with Gasteiger partial charge in [-0.25, -0.2) is 0 Å². The Labute approximate surface area is 130 Å². The molecule has 0 aliphatic rings. The number of aryl methyl sites for hydroxylation is 1. The Morgan fingerprint density at radius 1 is 1.24 bits per heavy atom. The molecule has 0 aliphatic heterocycles. The molecule has 0 saturated carbocycles. The number of carbonyl (C=O) groups excluding carboxylic acids is 1. The molecule has 21 heavy (non-hydrogen) atoms. The third-order valence-electron chi connectivity index (χ3n) is 2.99. The average molecular weight is 345 g/mol. The van der Waals surface area contributed by atoms with Crippen molar-refractivity contribution in [1.29, 1.82) is 5.26 Å². The van der Waals surface area contributed by atoms with E-state index in [-0.39, 0.29) is 5.91 Å². The monoisotopic (exact) mass is 344 g/mol. The lowest BCUT2D eigenvalue weighted by atomic mass is 10.1. The van der Waals surface area contributed by atoms with Crippen molar-refractivity contribution in [2.45, 2.75) is 6.92 Å². The predicted molar refractivity (Wildman–Crippen MR) is 85.8 cm³/mol. The second kappa shape index (κ2) is 6.39. The molecule has 5 nitrogen and oxygen atoms in total. The highest BCUT2D eigenvalue weighted by Gasteiger charge is 2.10. The van der Waals surface area contributed by atoms with Crippen LogP contribution < -0.4 is 16.6 Å². The number of hydrogen-bond acceptors (Lipinski definition) is 4. The first kappa shape index (κ1) is 15.0. The number of nitrogens with one attached hydrogen (secondary N) is 2. The maximum atomic E-state index is 12.2. The van der Waals surface area contributed by atoms with Crippen molar-refractivity contribution in [3.05, 3.63) is 57.6 Å². The van der Waals surface area contributed by atoms with Gasteiger partial charge in [0.25, 0.3) is 5.91 Å². The molecule has 2 aromatic carbocycles. The highest BCUT2D eigenvalue weighted by Crippen LogP contribution is 2.24. The van der Waals surface area contributed by atoms with E-state index < -0.39 is 0 Å². The summed E-state index contributed by atoms with van der Waals surface area (Å²) in [6, 6.07) is 12.2. The highest BCUT2D eigenvalue weighted by molar-refractivity contribution is 9.10. The molecule has 2 rings (SSSR count). The van der Waals surface area contributed by atoms with Gasteiger partial charge < -0.3 is 10.7 Å². The maximum absolute atomic E-state index is 12.2. The van der Waals surface area contributed by atoms with E-state index in [1.54, 1.807) is 36.4 Å². The number of benzene rings is 2. The van der Waals surface area contributed by atoms with E-state index in [0.29, 0.717) is 21.3 Å². The van der Waals surface area contributed by atoms with E-state index in [9.17, 15) is 4.79 Å². The van der Waals surface area contributed by atoms with E-state index in [2.05, 4.69) is 26.7 Å². The number of hydrazine groups is 1. The molecule has 2 aromatic rings. The fourth-order valence-corrected chi connectivity index (χ4v) is 2.33. The van der Waals surface area contributed by atoms with Crippen LogP contribution in [0.25, 0.3) is 0 Å². The van der Waals surface area contributed by atoms with Gasteiger partial charge in [-0.2, -0.15) is 5.26 Å². The van der Waals surface area contributed by atoms with Gasteiger partial charge in [0.15, 0.2) is 0 Å². The average Bonchev–Trinajstić information content (AvgIpc) is 2.49. The molecule has 0 unspecified atom stereocenters. The van der Waals surface area contributed by atoms with Crippen LogP contribution >= 0.6 is 15.9 Å². The summed E-state index contributed by atoms with van der Waals surface area (Å²) in [6.45, 7) is 1.86. The summed E-state index contributed by atoms with van der Waals surface area (Å²) < 4.78 is 0.659.